The Morgan fingerprint density at radius 1 is 1.19 bits per heavy atom. The normalized spacial score (nSPS) is 17.2. The van der Waals surface area contributed by atoms with E-state index in [2.05, 4.69) is 11.0 Å². The number of aryl methyl sites for hydroxylation is 1. The molecule has 2 aromatic carbocycles. The highest BCUT2D eigenvalue weighted by Crippen LogP contribution is 2.36. The third kappa shape index (κ3) is 3.98. The first-order chi connectivity index (χ1) is 13.2. The van der Waals surface area contributed by atoms with Gasteiger partial charge in [0, 0.05) is 13.0 Å². The van der Waals surface area contributed by atoms with Crippen LogP contribution in [-0.4, -0.2) is 29.4 Å². The maximum atomic E-state index is 13.0. The fourth-order valence-corrected chi connectivity index (χ4v) is 4.82. The quantitative estimate of drug-likeness (QED) is 0.626. The highest BCUT2D eigenvalue weighted by Gasteiger charge is 2.29. The Balaban J connectivity index is 1.46. The van der Waals surface area contributed by atoms with Crippen LogP contribution in [0.4, 0.5) is 0 Å². The summed E-state index contributed by atoms with van der Waals surface area (Å²) in [6, 6.07) is 16.3. The molecule has 140 valence electrons. The lowest BCUT2D eigenvalue weighted by atomic mass is 10.0. The second-order valence-corrected chi connectivity index (χ2v) is 8.03. The number of hydrogen-bond acceptors (Lipinski definition) is 4. The Morgan fingerprint density at radius 2 is 2.00 bits per heavy atom. The summed E-state index contributed by atoms with van der Waals surface area (Å²) in [4.78, 5) is 19.8. The van der Waals surface area contributed by atoms with Gasteiger partial charge >= 0.3 is 0 Å². The molecule has 1 amide bonds. The monoisotopic (exact) mass is 380 g/mol. The van der Waals surface area contributed by atoms with Gasteiger partial charge in [-0.05, 0) is 55.5 Å². The number of methoxy groups -OCH3 is 1. The molecule has 4 rings (SSSR count). The first-order valence-electron chi connectivity index (χ1n) is 9.52. The Labute approximate surface area is 163 Å². The van der Waals surface area contributed by atoms with Gasteiger partial charge in [0.1, 0.15) is 10.8 Å². The fraction of sp³-hybridized carbons (Fsp3) is 0.364. The zero-order valence-corrected chi connectivity index (χ0v) is 16.4. The molecule has 1 atom stereocenters. The van der Waals surface area contributed by atoms with Gasteiger partial charge in [0.05, 0.1) is 23.4 Å². The summed E-state index contributed by atoms with van der Waals surface area (Å²) in [7, 11) is 1.66. The van der Waals surface area contributed by atoms with Crippen LogP contribution in [0.1, 0.15) is 42.3 Å². The largest absolute Gasteiger partial charge is 0.497 e. The molecule has 3 aromatic rings. The molecule has 1 saturated heterocycles. The zero-order valence-electron chi connectivity index (χ0n) is 15.6. The summed E-state index contributed by atoms with van der Waals surface area (Å²) in [6.07, 6.45) is 4.53. The molecule has 27 heavy (non-hydrogen) atoms. The molecular formula is C22H24N2O2S. The van der Waals surface area contributed by atoms with Gasteiger partial charge in [-0.25, -0.2) is 4.98 Å². The predicted molar refractivity (Wildman–Crippen MR) is 109 cm³/mol. The van der Waals surface area contributed by atoms with Crippen LogP contribution in [0.15, 0.2) is 48.5 Å². The summed E-state index contributed by atoms with van der Waals surface area (Å²) in [5.74, 6) is 1.08. The third-order valence-electron chi connectivity index (χ3n) is 5.21. The lowest BCUT2D eigenvalue weighted by Crippen LogP contribution is -2.38. The minimum atomic E-state index is 0.125. The van der Waals surface area contributed by atoms with Gasteiger partial charge in [-0.1, -0.05) is 24.3 Å². The van der Waals surface area contributed by atoms with Crippen molar-refractivity contribution in [3.05, 3.63) is 59.1 Å². The Kier molecular flexibility index (Phi) is 5.39. The number of ether oxygens (including phenoxy) is 1. The van der Waals surface area contributed by atoms with E-state index < -0.39 is 0 Å². The molecule has 0 saturated carbocycles. The number of para-hydroxylation sites is 1. The van der Waals surface area contributed by atoms with Crippen molar-refractivity contribution in [2.24, 2.45) is 0 Å². The minimum Gasteiger partial charge on any atom is -0.497 e. The lowest BCUT2D eigenvalue weighted by molar-refractivity contribution is -0.135. The van der Waals surface area contributed by atoms with Crippen molar-refractivity contribution < 1.29 is 9.53 Å². The molecule has 1 aliphatic rings. The summed E-state index contributed by atoms with van der Waals surface area (Å²) >= 11 is 1.72. The van der Waals surface area contributed by atoms with Gasteiger partial charge in [-0.2, -0.15) is 0 Å². The maximum absolute atomic E-state index is 13.0. The van der Waals surface area contributed by atoms with E-state index in [1.54, 1.807) is 18.4 Å². The fourth-order valence-electron chi connectivity index (χ4n) is 3.71. The number of thiazole rings is 1. The van der Waals surface area contributed by atoms with Crippen molar-refractivity contribution in [1.29, 1.82) is 0 Å². The van der Waals surface area contributed by atoms with E-state index in [9.17, 15) is 4.79 Å². The third-order valence-corrected chi connectivity index (χ3v) is 6.34. The highest BCUT2D eigenvalue weighted by molar-refractivity contribution is 7.18. The van der Waals surface area contributed by atoms with E-state index in [0.717, 1.165) is 54.1 Å². The molecule has 1 fully saturated rings. The Morgan fingerprint density at radius 3 is 2.78 bits per heavy atom. The number of carbonyl (C=O) groups excluding carboxylic acids is 1. The van der Waals surface area contributed by atoms with E-state index >= 15 is 0 Å². The summed E-state index contributed by atoms with van der Waals surface area (Å²) in [6.45, 7) is 0.835. The van der Waals surface area contributed by atoms with Crippen LogP contribution in [0, 0.1) is 0 Å². The van der Waals surface area contributed by atoms with Crippen molar-refractivity contribution in [2.75, 3.05) is 13.7 Å². The number of benzene rings is 2. The average Bonchev–Trinajstić information content (AvgIpc) is 3.16. The first kappa shape index (κ1) is 18.0. The molecule has 2 heterocycles. The standard InChI is InChI=1S/C22H24N2O2S/c1-26-17-12-9-16(10-13-17)11-14-21(25)24-15-5-4-7-19(24)22-23-18-6-2-3-8-20(18)27-22/h2-3,6,8-10,12-13,19H,4-5,7,11,14-15H2,1H3. The number of nitrogens with zero attached hydrogens (tertiary/aromatic N) is 2. The van der Waals surface area contributed by atoms with Gasteiger partial charge in [0.15, 0.2) is 0 Å². The number of likely N-dealkylation sites (tertiary alicyclic amines) is 1. The average molecular weight is 381 g/mol. The summed E-state index contributed by atoms with van der Waals surface area (Å²) in [5.41, 5.74) is 2.20. The van der Waals surface area contributed by atoms with Gasteiger partial charge < -0.3 is 9.64 Å². The van der Waals surface area contributed by atoms with Crippen LogP contribution < -0.4 is 4.74 Å². The Bertz CT molecular complexity index is 886. The molecule has 5 heteroatoms. The molecule has 1 aliphatic heterocycles. The number of amides is 1. The van der Waals surface area contributed by atoms with Crippen molar-refractivity contribution in [1.82, 2.24) is 9.88 Å². The predicted octanol–water partition coefficient (Wildman–Crippen LogP) is 4.99. The van der Waals surface area contributed by atoms with E-state index in [0.29, 0.717) is 6.42 Å². The number of hydrogen-bond donors (Lipinski definition) is 0. The number of piperidine rings is 1. The smallest absolute Gasteiger partial charge is 0.223 e. The minimum absolute atomic E-state index is 0.125. The van der Waals surface area contributed by atoms with E-state index in [1.807, 2.05) is 42.5 Å². The number of carbonyl (C=O) groups is 1. The molecule has 0 radical (unpaired) electrons. The van der Waals surface area contributed by atoms with Gasteiger partial charge in [-0.15, -0.1) is 11.3 Å². The number of fused-ring (bicyclic) bond motifs is 1. The van der Waals surface area contributed by atoms with Crippen LogP contribution >= 0.6 is 11.3 Å². The highest BCUT2D eigenvalue weighted by atomic mass is 32.1. The lowest BCUT2D eigenvalue weighted by Gasteiger charge is -2.34. The second kappa shape index (κ2) is 8.09. The SMILES string of the molecule is COc1ccc(CCC(=O)N2CCCCC2c2nc3ccccc3s2)cc1. The number of aromatic nitrogens is 1. The van der Waals surface area contributed by atoms with Crippen molar-refractivity contribution >= 4 is 27.5 Å². The Hall–Kier alpha value is -2.40. The van der Waals surface area contributed by atoms with E-state index in [-0.39, 0.29) is 11.9 Å². The van der Waals surface area contributed by atoms with Crippen molar-refractivity contribution in [2.45, 2.75) is 38.1 Å². The first-order valence-corrected chi connectivity index (χ1v) is 10.3. The van der Waals surface area contributed by atoms with E-state index in [4.69, 9.17) is 9.72 Å². The van der Waals surface area contributed by atoms with Gasteiger partial charge in [0.25, 0.3) is 0 Å². The molecule has 4 nitrogen and oxygen atoms in total. The van der Waals surface area contributed by atoms with Crippen molar-refractivity contribution in [3.63, 3.8) is 0 Å². The zero-order chi connectivity index (χ0) is 18.6. The van der Waals surface area contributed by atoms with Gasteiger partial charge in [0.2, 0.25) is 5.91 Å². The molecule has 0 spiro atoms. The molecule has 0 bridgehead atoms. The van der Waals surface area contributed by atoms with Crippen molar-refractivity contribution in [3.8, 4) is 5.75 Å². The summed E-state index contributed by atoms with van der Waals surface area (Å²) in [5, 5.41) is 1.08. The summed E-state index contributed by atoms with van der Waals surface area (Å²) < 4.78 is 6.39. The van der Waals surface area contributed by atoms with Gasteiger partial charge in [-0.3, -0.25) is 4.79 Å². The molecular weight excluding hydrogens is 356 g/mol. The van der Waals surface area contributed by atoms with Crippen LogP contribution in [0.2, 0.25) is 0 Å². The maximum Gasteiger partial charge on any atom is 0.223 e. The van der Waals surface area contributed by atoms with Crippen LogP contribution in [0.25, 0.3) is 10.2 Å². The molecule has 0 N–H and O–H groups in total. The molecule has 1 unspecified atom stereocenters. The molecule has 0 aliphatic carbocycles. The van der Waals surface area contributed by atoms with Crippen LogP contribution in [0.3, 0.4) is 0 Å². The van der Waals surface area contributed by atoms with Crippen LogP contribution in [-0.2, 0) is 11.2 Å². The topological polar surface area (TPSA) is 42.4 Å². The molecule has 1 aromatic heterocycles. The van der Waals surface area contributed by atoms with E-state index in [1.165, 1.54) is 4.70 Å². The second-order valence-electron chi connectivity index (χ2n) is 6.97. The number of rotatable bonds is 5. The van der Waals surface area contributed by atoms with Crippen LogP contribution in [0.5, 0.6) is 5.75 Å².